The summed E-state index contributed by atoms with van der Waals surface area (Å²) >= 11 is 0. The van der Waals surface area contributed by atoms with Crippen LogP contribution in [-0.4, -0.2) is 94.9 Å². The highest BCUT2D eigenvalue weighted by Gasteiger charge is 2.32. The van der Waals surface area contributed by atoms with Gasteiger partial charge in [0.2, 0.25) is 0 Å². The lowest BCUT2D eigenvalue weighted by atomic mass is 10.1. The van der Waals surface area contributed by atoms with Crippen molar-refractivity contribution in [2.24, 2.45) is 5.92 Å². The van der Waals surface area contributed by atoms with Crippen LogP contribution in [0.1, 0.15) is 6.42 Å². The fourth-order valence-corrected chi connectivity index (χ4v) is 1.86. The third-order valence-corrected chi connectivity index (χ3v) is 3.44. The zero-order valence-electron chi connectivity index (χ0n) is 15.9. The monoisotopic (exact) mass is 362 g/mol. The quantitative estimate of drug-likeness (QED) is 0.226. The molecule has 9 heteroatoms. The number of allylic oxidation sites excluding steroid dienone is 1. The average Bonchev–Trinajstić information content (AvgIpc) is 2.52. The van der Waals surface area contributed by atoms with Crippen LogP contribution in [0, 0.1) is 5.92 Å². The number of esters is 2. The lowest BCUT2D eigenvalue weighted by Crippen LogP contribution is -2.39. The van der Waals surface area contributed by atoms with Gasteiger partial charge in [-0.3, -0.25) is 19.4 Å². The van der Waals surface area contributed by atoms with Crippen molar-refractivity contribution in [3.05, 3.63) is 12.3 Å². The Balaban J connectivity index is 4.83. The van der Waals surface area contributed by atoms with Gasteiger partial charge in [0.25, 0.3) is 0 Å². The van der Waals surface area contributed by atoms with Crippen LogP contribution >= 0.6 is 0 Å². The molecular formula is C16H30N2O7. The lowest BCUT2D eigenvalue weighted by Gasteiger charge is -2.24. The first-order chi connectivity index (χ1) is 11.6. The molecule has 0 heterocycles. The maximum atomic E-state index is 12.2. The number of aliphatic hydroxyl groups is 1. The maximum absolute atomic E-state index is 12.2. The van der Waals surface area contributed by atoms with Crippen molar-refractivity contribution < 1.29 is 33.6 Å². The van der Waals surface area contributed by atoms with Crippen LogP contribution in [0.15, 0.2) is 12.3 Å². The molecule has 0 aromatic carbocycles. The van der Waals surface area contributed by atoms with Gasteiger partial charge in [-0.15, -0.1) is 0 Å². The van der Waals surface area contributed by atoms with Crippen LogP contribution in [0.5, 0.6) is 0 Å². The number of rotatable bonds is 12. The first-order valence-corrected chi connectivity index (χ1v) is 7.72. The predicted octanol–water partition coefficient (Wildman–Crippen LogP) is 0.219. The van der Waals surface area contributed by atoms with Crippen molar-refractivity contribution in [1.29, 1.82) is 0 Å². The van der Waals surface area contributed by atoms with Crippen LogP contribution in [-0.2, 0) is 28.5 Å². The molecule has 0 aromatic rings. The van der Waals surface area contributed by atoms with Crippen molar-refractivity contribution in [3.63, 3.8) is 0 Å². The van der Waals surface area contributed by atoms with Crippen LogP contribution in [0.25, 0.3) is 0 Å². The Bertz CT molecular complexity index is 408. The summed E-state index contributed by atoms with van der Waals surface area (Å²) in [5.74, 6) is -3.26. The smallest absolute Gasteiger partial charge is 0.320 e. The Morgan fingerprint density at radius 3 is 1.52 bits per heavy atom. The van der Waals surface area contributed by atoms with E-state index in [2.05, 4.69) is 6.58 Å². The minimum atomic E-state index is -1.31. The molecule has 0 aliphatic rings. The summed E-state index contributed by atoms with van der Waals surface area (Å²) in [5.41, 5.74) is 0. The number of methoxy groups -OCH3 is 2. The molecule has 0 spiro atoms. The van der Waals surface area contributed by atoms with Gasteiger partial charge in [-0.25, -0.2) is 0 Å². The summed E-state index contributed by atoms with van der Waals surface area (Å²) in [7, 11) is 9.99. The Morgan fingerprint density at radius 2 is 1.28 bits per heavy atom. The molecule has 0 saturated carbocycles. The van der Waals surface area contributed by atoms with E-state index in [-0.39, 0.29) is 25.4 Å². The maximum Gasteiger partial charge on any atom is 0.320 e. The van der Waals surface area contributed by atoms with E-state index in [1.807, 2.05) is 0 Å². The number of nitrogens with zero attached hydrogens (tertiary/aromatic N) is 2. The predicted molar refractivity (Wildman–Crippen MR) is 90.8 cm³/mol. The number of carbonyl (C=O) groups is 2. The van der Waals surface area contributed by atoms with Crippen LogP contribution in [0.3, 0.4) is 0 Å². The van der Waals surface area contributed by atoms with E-state index in [0.717, 1.165) is 0 Å². The first kappa shape index (κ1) is 23.3. The summed E-state index contributed by atoms with van der Waals surface area (Å²) in [6.45, 7) is 3.18. The zero-order chi connectivity index (χ0) is 19.6. The molecule has 0 radical (unpaired) electrons. The van der Waals surface area contributed by atoms with Gasteiger partial charge in [0.15, 0.2) is 5.92 Å². The van der Waals surface area contributed by atoms with Gasteiger partial charge in [0.1, 0.15) is 25.7 Å². The molecule has 2 unspecified atom stereocenters. The molecular weight excluding hydrogens is 332 g/mol. The van der Waals surface area contributed by atoms with Crippen molar-refractivity contribution >= 4 is 11.9 Å². The van der Waals surface area contributed by atoms with Gasteiger partial charge in [0, 0.05) is 20.6 Å². The largest absolute Gasteiger partial charge is 0.513 e. The third kappa shape index (κ3) is 8.82. The minimum Gasteiger partial charge on any atom is -0.513 e. The summed E-state index contributed by atoms with van der Waals surface area (Å²) in [6.07, 6.45) is -1.19. The zero-order valence-corrected chi connectivity index (χ0v) is 15.9. The molecule has 146 valence electrons. The minimum absolute atomic E-state index is 0.0671. The average molecular weight is 362 g/mol. The molecule has 1 N–H and O–H groups in total. The van der Waals surface area contributed by atoms with Gasteiger partial charge in [-0.2, -0.15) is 0 Å². The van der Waals surface area contributed by atoms with Gasteiger partial charge in [-0.05, 0) is 28.2 Å². The summed E-state index contributed by atoms with van der Waals surface area (Å²) in [6, 6.07) is 0. The molecule has 9 nitrogen and oxygen atoms in total. The van der Waals surface area contributed by atoms with Crippen LogP contribution < -0.4 is 0 Å². The second-order valence-electron chi connectivity index (χ2n) is 5.89. The van der Waals surface area contributed by atoms with Crippen molar-refractivity contribution in [1.82, 2.24) is 9.80 Å². The number of ether oxygens (including phenoxy) is 4. The fraction of sp³-hybridized carbons (Fsp3) is 0.750. The van der Waals surface area contributed by atoms with Gasteiger partial charge in [-0.1, -0.05) is 6.58 Å². The van der Waals surface area contributed by atoms with Crippen LogP contribution in [0.4, 0.5) is 0 Å². The number of likely N-dealkylation sites (N-methyl/N-ethyl adjacent to an activating group) is 2. The Hall–Kier alpha value is -1.68. The van der Waals surface area contributed by atoms with Crippen LogP contribution in [0.2, 0.25) is 0 Å². The number of hydrogen-bond acceptors (Lipinski definition) is 9. The fourth-order valence-electron chi connectivity index (χ4n) is 1.86. The topological polar surface area (TPSA) is 97.8 Å². The molecule has 0 aliphatic carbocycles. The van der Waals surface area contributed by atoms with E-state index >= 15 is 0 Å². The SMILES string of the molecule is C=C(O)CC(C(=O)OCC(OC)N(C)C)C(=O)OCC(OC)N(C)C. The summed E-state index contributed by atoms with van der Waals surface area (Å²) in [5, 5.41) is 9.37. The highest BCUT2D eigenvalue weighted by Crippen LogP contribution is 2.14. The van der Waals surface area contributed by atoms with Crippen molar-refractivity contribution in [2.45, 2.75) is 18.9 Å². The molecule has 0 saturated heterocycles. The van der Waals surface area contributed by atoms with Gasteiger partial charge < -0.3 is 24.1 Å². The Kier molecular flexibility index (Phi) is 11.0. The molecule has 0 fully saturated rings. The normalized spacial score (nSPS) is 14.9. The molecule has 0 bridgehead atoms. The standard InChI is InChI=1S/C16H30N2O7/c1-11(19)8-12(15(20)24-9-13(22-6)17(2)3)16(21)25-10-14(23-7)18(4)5/h12-14,19H,1,8-10H2,2-7H3. The van der Waals surface area contributed by atoms with E-state index in [4.69, 9.17) is 18.9 Å². The van der Waals surface area contributed by atoms with E-state index in [1.54, 1.807) is 38.0 Å². The van der Waals surface area contributed by atoms with E-state index in [1.165, 1.54) is 14.2 Å². The molecule has 25 heavy (non-hydrogen) atoms. The Morgan fingerprint density at radius 1 is 0.920 bits per heavy atom. The molecule has 0 aromatic heterocycles. The van der Waals surface area contributed by atoms with E-state index in [0.29, 0.717) is 0 Å². The summed E-state index contributed by atoms with van der Waals surface area (Å²) < 4.78 is 20.5. The van der Waals surface area contributed by atoms with Crippen molar-refractivity contribution in [2.75, 3.05) is 55.6 Å². The molecule has 0 rings (SSSR count). The van der Waals surface area contributed by atoms with Gasteiger partial charge >= 0.3 is 11.9 Å². The Labute approximate surface area is 149 Å². The van der Waals surface area contributed by atoms with E-state index in [9.17, 15) is 14.7 Å². The lowest BCUT2D eigenvalue weighted by molar-refractivity contribution is -0.170. The second-order valence-corrected chi connectivity index (χ2v) is 5.89. The van der Waals surface area contributed by atoms with Gasteiger partial charge in [0.05, 0.1) is 5.76 Å². The number of hydrogen-bond donors (Lipinski definition) is 1. The third-order valence-electron chi connectivity index (χ3n) is 3.44. The summed E-state index contributed by atoms with van der Waals surface area (Å²) in [4.78, 5) is 27.9. The number of carbonyl (C=O) groups excluding carboxylic acids is 2. The highest BCUT2D eigenvalue weighted by atomic mass is 16.6. The van der Waals surface area contributed by atoms with Crippen molar-refractivity contribution in [3.8, 4) is 0 Å². The second kappa shape index (κ2) is 11.8. The highest BCUT2D eigenvalue weighted by molar-refractivity contribution is 5.95. The first-order valence-electron chi connectivity index (χ1n) is 7.72. The van der Waals surface area contributed by atoms with E-state index < -0.39 is 30.3 Å². The number of aliphatic hydroxyl groups excluding tert-OH is 1. The molecule has 0 amide bonds. The molecule has 0 aliphatic heterocycles. The molecule has 2 atom stereocenters.